The number of nitrogens with one attached hydrogen (secondary N) is 1. The average Bonchev–Trinajstić information content (AvgIpc) is 2.62. The summed E-state index contributed by atoms with van der Waals surface area (Å²) in [6.45, 7) is 4.49. The molecule has 18 heavy (non-hydrogen) atoms. The molecule has 2 rings (SSSR count). The van der Waals surface area contributed by atoms with Crippen molar-refractivity contribution in [3.63, 3.8) is 0 Å². The molecule has 1 unspecified atom stereocenters. The van der Waals surface area contributed by atoms with Gasteiger partial charge in [0.15, 0.2) is 0 Å². The fourth-order valence-corrected chi connectivity index (χ4v) is 2.76. The lowest BCUT2D eigenvalue weighted by molar-refractivity contribution is 0.0936. The number of amides is 1. The van der Waals surface area contributed by atoms with Crippen LogP contribution in [0.2, 0.25) is 0 Å². The van der Waals surface area contributed by atoms with Crippen LogP contribution in [0.3, 0.4) is 0 Å². The van der Waals surface area contributed by atoms with Gasteiger partial charge in [0.1, 0.15) is 0 Å². The topological polar surface area (TPSA) is 55.1 Å². The van der Waals surface area contributed by atoms with Crippen molar-refractivity contribution < 1.29 is 4.79 Å². The minimum atomic E-state index is -0.0306. The highest BCUT2D eigenvalue weighted by Gasteiger charge is 2.31. The van der Waals surface area contributed by atoms with Gasteiger partial charge in [0, 0.05) is 21.8 Å². The van der Waals surface area contributed by atoms with Gasteiger partial charge < -0.3 is 11.1 Å². The largest absolute Gasteiger partial charge is 0.398 e. The zero-order valence-corrected chi connectivity index (χ0v) is 12.4. The smallest absolute Gasteiger partial charge is 0.251 e. The van der Waals surface area contributed by atoms with Crippen LogP contribution < -0.4 is 11.1 Å². The predicted molar refractivity (Wildman–Crippen MR) is 77.4 cm³/mol. The highest BCUT2D eigenvalue weighted by Crippen LogP contribution is 2.37. The van der Waals surface area contributed by atoms with E-state index in [1.54, 1.807) is 12.1 Å². The van der Waals surface area contributed by atoms with Gasteiger partial charge in [-0.15, -0.1) is 0 Å². The third-order valence-electron chi connectivity index (χ3n) is 3.56. The van der Waals surface area contributed by atoms with Crippen molar-refractivity contribution in [2.24, 2.45) is 5.41 Å². The van der Waals surface area contributed by atoms with Gasteiger partial charge in [0.25, 0.3) is 5.91 Å². The fourth-order valence-electron chi connectivity index (χ4n) is 2.51. The molecule has 4 heteroatoms. The Kier molecular flexibility index (Phi) is 3.66. The van der Waals surface area contributed by atoms with Crippen molar-refractivity contribution in [3.05, 3.63) is 28.2 Å². The molecule has 0 heterocycles. The Hall–Kier alpha value is -1.03. The summed E-state index contributed by atoms with van der Waals surface area (Å²) in [5, 5.41) is 3.09. The van der Waals surface area contributed by atoms with E-state index in [1.807, 2.05) is 6.07 Å². The Morgan fingerprint density at radius 3 is 2.78 bits per heavy atom. The maximum Gasteiger partial charge on any atom is 0.251 e. The van der Waals surface area contributed by atoms with Crippen molar-refractivity contribution in [3.8, 4) is 0 Å². The van der Waals surface area contributed by atoms with Crippen molar-refractivity contribution in [1.29, 1.82) is 0 Å². The number of carbonyl (C=O) groups is 1. The summed E-state index contributed by atoms with van der Waals surface area (Å²) >= 11 is 3.32. The first kappa shape index (κ1) is 13.4. The summed E-state index contributed by atoms with van der Waals surface area (Å²) in [4.78, 5) is 12.1. The van der Waals surface area contributed by atoms with E-state index in [-0.39, 0.29) is 11.9 Å². The minimum absolute atomic E-state index is 0.0306. The zero-order valence-electron chi connectivity index (χ0n) is 10.8. The molecule has 1 amide bonds. The van der Waals surface area contributed by atoms with E-state index in [4.69, 9.17) is 5.73 Å². The molecule has 3 N–H and O–H groups in total. The SMILES string of the molecule is CC1(C)CCC(NC(=O)c2ccc(Br)c(N)c2)C1. The van der Waals surface area contributed by atoms with Crippen LogP contribution in [0.25, 0.3) is 0 Å². The molecular weight excluding hydrogens is 292 g/mol. The van der Waals surface area contributed by atoms with Crippen molar-refractivity contribution in [1.82, 2.24) is 5.32 Å². The van der Waals surface area contributed by atoms with Crippen molar-refractivity contribution >= 4 is 27.5 Å². The first-order chi connectivity index (χ1) is 8.37. The second-order valence-corrected chi connectivity index (χ2v) is 6.67. The lowest BCUT2D eigenvalue weighted by atomic mass is 9.92. The van der Waals surface area contributed by atoms with Crippen LogP contribution in [0.5, 0.6) is 0 Å². The molecular formula is C14H19BrN2O. The van der Waals surface area contributed by atoms with Gasteiger partial charge in [-0.05, 0) is 58.8 Å². The first-order valence-electron chi connectivity index (χ1n) is 6.23. The van der Waals surface area contributed by atoms with E-state index in [1.165, 1.54) is 6.42 Å². The summed E-state index contributed by atoms with van der Waals surface area (Å²) in [6.07, 6.45) is 3.27. The molecule has 1 aromatic carbocycles. The maximum absolute atomic E-state index is 12.1. The molecule has 1 aliphatic carbocycles. The maximum atomic E-state index is 12.1. The fraction of sp³-hybridized carbons (Fsp3) is 0.500. The normalized spacial score (nSPS) is 21.8. The number of carbonyl (C=O) groups excluding carboxylic acids is 1. The highest BCUT2D eigenvalue weighted by atomic mass is 79.9. The Labute approximate surface area is 116 Å². The zero-order chi connectivity index (χ0) is 13.3. The summed E-state index contributed by atoms with van der Waals surface area (Å²) < 4.78 is 0.820. The molecule has 0 aromatic heterocycles. The van der Waals surface area contributed by atoms with Crippen LogP contribution >= 0.6 is 15.9 Å². The Morgan fingerprint density at radius 1 is 1.50 bits per heavy atom. The van der Waals surface area contributed by atoms with Crippen LogP contribution in [-0.4, -0.2) is 11.9 Å². The number of halogens is 1. The summed E-state index contributed by atoms with van der Waals surface area (Å²) in [6, 6.07) is 5.59. The van der Waals surface area contributed by atoms with E-state index in [0.717, 1.165) is 17.3 Å². The van der Waals surface area contributed by atoms with Crippen molar-refractivity contribution in [2.45, 2.75) is 39.2 Å². The number of hydrogen-bond donors (Lipinski definition) is 2. The number of anilines is 1. The first-order valence-corrected chi connectivity index (χ1v) is 7.03. The molecule has 3 nitrogen and oxygen atoms in total. The summed E-state index contributed by atoms with van der Waals surface area (Å²) in [7, 11) is 0. The number of rotatable bonds is 2. The number of nitrogen functional groups attached to an aromatic ring is 1. The van der Waals surface area contributed by atoms with Crippen LogP contribution in [0.4, 0.5) is 5.69 Å². The van der Waals surface area contributed by atoms with Crippen LogP contribution in [0, 0.1) is 5.41 Å². The molecule has 98 valence electrons. The van der Waals surface area contributed by atoms with Crippen LogP contribution in [0.15, 0.2) is 22.7 Å². The van der Waals surface area contributed by atoms with E-state index in [2.05, 4.69) is 35.1 Å². The van der Waals surface area contributed by atoms with Crippen molar-refractivity contribution in [2.75, 3.05) is 5.73 Å². The monoisotopic (exact) mass is 310 g/mol. The third kappa shape index (κ3) is 3.05. The molecule has 1 fully saturated rings. The van der Waals surface area contributed by atoms with E-state index >= 15 is 0 Å². The summed E-state index contributed by atoms with van der Waals surface area (Å²) in [5.74, 6) is -0.0306. The van der Waals surface area contributed by atoms with E-state index < -0.39 is 0 Å². The molecule has 0 saturated heterocycles. The Bertz CT molecular complexity index is 471. The second-order valence-electron chi connectivity index (χ2n) is 5.81. The third-order valence-corrected chi connectivity index (χ3v) is 4.28. The van der Waals surface area contributed by atoms with Gasteiger partial charge in [-0.3, -0.25) is 4.79 Å². The van der Waals surface area contributed by atoms with Crippen LogP contribution in [-0.2, 0) is 0 Å². The summed E-state index contributed by atoms with van der Waals surface area (Å²) in [5.41, 5.74) is 7.34. The molecule has 0 aliphatic heterocycles. The molecule has 0 spiro atoms. The molecule has 0 bridgehead atoms. The molecule has 1 aromatic rings. The lowest BCUT2D eigenvalue weighted by Gasteiger charge is -2.18. The van der Waals surface area contributed by atoms with Gasteiger partial charge in [-0.2, -0.15) is 0 Å². The molecule has 1 saturated carbocycles. The predicted octanol–water partition coefficient (Wildman–Crippen LogP) is 3.34. The van der Waals surface area contributed by atoms with E-state index in [9.17, 15) is 4.79 Å². The molecule has 1 atom stereocenters. The number of benzene rings is 1. The van der Waals surface area contributed by atoms with Crippen LogP contribution in [0.1, 0.15) is 43.5 Å². The minimum Gasteiger partial charge on any atom is -0.398 e. The highest BCUT2D eigenvalue weighted by molar-refractivity contribution is 9.10. The van der Waals surface area contributed by atoms with Gasteiger partial charge in [-0.1, -0.05) is 13.8 Å². The van der Waals surface area contributed by atoms with Gasteiger partial charge >= 0.3 is 0 Å². The van der Waals surface area contributed by atoms with Gasteiger partial charge in [0.2, 0.25) is 0 Å². The second kappa shape index (κ2) is 4.92. The standard InChI is InChI=1S/C14H19BrN2O/c1-14(2)6-5-10(8-14)17-13(18)9-3-4-11(15)12(16)7-9/h3-4,7,10H,5-6,8,16H2,1-2H3,(H,17,18). The van der Waals surface area contributed by atoms with Gasteiger partial charge in [0.05, 0.1) is 0 Å². The molecule has 0 radical (unpaired) electrons. The Balaban J connectivity index is 2.02. The number of nitrogens with two attached hydrogens (primary N) is 1. The lowest BCUT2D eigenvalue weighted by Crippen LogP contribution is -2.33. The van der Waals surface area contributed by atoms with E-state index in [0.29, 0.717) is 16.7 Å². The Morgan fingerprint density at radius 2 is 2.22 bits per heavy atom. The molecule has 1 aliphatic rings. The quantitative estimate of drug-likeness (QED) is 0.823. The van der Waals surface area contributed by atoms with Gasteiger partial charge in [-0.25, -0.2) is 0 Å². The number of hydrogen-bond acceptors (Lipinski definition) is 2. The average molecular weight is 311 g/mol.